The Balaban J connectivity index is 2.91. The van der Waals surface area contributed by atoms with Gasteiger partial charge in [-0.15, -0.1) is 0 Å². The summed E-state index contributed by atoms with van der Waals surface area (Å²) in [5.74, 6) is 0. The molecule has 1 rings (SSSR count). The predicted octanol–water partition coefficient (Wildman–Crippen LogP) is 3.30. The Hall–Kier alpha value is -1.55. The lowest BCUT2D eigenvalue weighted by Crippen LogP contribution is -2.47. The van der Waals surface area contributed by atoms with Crippen LogP contribution in [0.25, 0.3) is 0 Å². The lowest BCUT2D eigenvalue weighted by Gasteiger charge is -2.32. The molecule has 18 heavy (non-hydrogen) atoms. The minimum Gasteiger partial charge on any atom is -0.448 e. The molecule has 1 aromatic carbocycles. The van der Waals surface area contributed by atoms with E-state index in [9.17, 15) is 4.79 Å². The van der Waals surface area contributed by atoms with Crippen molar-refractivity contribution in [1.82, 2.24) is 5.01 Å². The molecule has 1 aromatic rings. The predicted molar refractivity (Wildman–Crippen MR) is 73.5 cm³/mol. The van der Waals surface area contributed by atoms with Crippen molar-refractivity contribution in [2.75, 3.05) is 24.7 Å². The molecule has 0 spiro atoms. The quantitative estimate of drug-likeness (QED) is 0.726. The molecule has 4 heteroatoms. The van der Waals surface area contributed by atoms with Crippen LogP contribution in [0.15, 0.2) is 30.3 Å². The van der Waals surface area contributed by atoms with Crippen molar-refractivity contribution in [1.29, 1.82) is 0 Å². The second-order valence-electron chi connectivity index (χ2n) is 3.90. The maximum atomic E-state index is 12.1. The van der Waals surface area contributed by atoms with Gasteiger partial charge in [-0.3, -0.25) is 0 Å². The third kappa shape index (κ3) is 3.74. The van der Waals surface area contributed by atoms with Gasteiger partial charge in [0.15, 0.2) is 0 Å². The van der Waals surface area contributed by atoms with Crippen LogP contribution in [0, 0.1) is 0 Å². The number of carbonyl (C=O) groups is 1. The summed E-state index contributed by atoms with van der Waals surface area (Å²) >= 11 is 0. The number of nitrogens with zero attached hydrogens (tertiary/aromatic N) is 2. The second-order valence-corrected chi connectivity index (χ2v) is 3.90. The summed E-state index contributed by atoms with van der Waals surface area (Å²) in [7, 11) is 0. The zero-order valence-corrected chi connectivity index (χ0v) is 11.4. The van der Waals surface area contributed by atoms with Crippen molar-refractivity contribution in [2.45, 2.75) is 27.2 Å². The maximum Gasteiger partial charge on any atom is 0.429 e. The Kier molecular flexibility index (Phi) is 6.22. The summed E-state index contributed by atoms with van der Waals surface area (Å²) in [6.07, 6.45) is 0.513. The van der Waals surface area contributed by atoms with E-state index < -0.39 is 0 Å². The molecule has 0 radical (unpaired) electrons. The van der Waals surface area contributed by atoms with E-state index in [4.69, 9.17) is 4.74 Å². The molecule has 0 heterocycles. The average molecular weight is 250 g/mol. The fourth-order valence-electron chi connectivity index (χ4n) is 1.71. The minimum absolute atomic E-state index is 0.313. The third-order valence-electron chi connectivity index (χ3n) is 2.62. The number of anilines is 1. The molecule has 0 aliphatic rings. The van der Waals surface area contributed by atoms with Crippen LogP contribution in [0.5, 0.6) is 0 Å². The molecule has 0 atom stereocenters. The maximum absolute atomic E-state index is 12.1. The number of hydrazine groups is 1. The Morgan fingerprint density at radius 2 is 1.72 bits per heavy atom. The molecule has 0 saturated heterocycles. The molecule has 1 amide bonds. The zero-order chi connectivity index (χ0) is 13.4. The summed E-state index contributed by atoms with van der Waals surface area (Å²) in [6.45, 7) is 7.99. The van der Waals surface area contributed by atoms with Crippen LogP contribution in [0.1, 0.15) is 27.2 Å². The first kappa shape index (κ1) is 14.5. The van der Waals surface area contributed by atoms with Gasteiger partial charge in [-0.05, 0) is 18.6 Å². The number of hydrogen-bond acceptors (Lipinski definition) is 3. The van der Waals surface area contributed by atoms with E-state index in [-0.39, 0.29) is 6.09 Å². The van der Waals surface area contributed by atoms with Crippen molar-refractivity contribution < 1.29 is 9.53 Å². The average Bonchev–Trinajstić information content (AvgIpc) is 2.43. The summed E-state index contributed by atoms with van der Waals surface area (Å²) in [6, 6.07) is 9.58. The molecule has 0 fully saturated rings. The molecular weight excluding hydrogens is 228 g/mol. The molecule has 0 bridgehead atoms. The van der Waals surface area contributed by atoms with Gasteiger partial charge in [-0.25, -0.2) is 14.8 Å². The Morgan fingerprint density at radius 1 is 1.11 bits per heavy atom. The van der Waals surface area contributed by atoms with E-state index in [1.165, 1.54) is 0 Å². The highest BCUT2D eigenvalue weighted by atomic mass is 16.6. The van der Waals surface area contributed by atoms with Gasteiger partial charge in [0.25, 0.3) is 0 Å². The number of amides is 1. The highest BCUT2D eigenvalue weighted by Crippen LogP contribution is 2.17. The number of hydrogen-bond donors (Lipinski definition) is 0. The number of benzene rings is 1. The Bertz CT molecular complexity index is 350. The third-order valence-corrected chi connectivity index (χ3v) is 2.62. The Labute approximate surface area is 109 Å². The number of para-hydroxylation sites is 1. The number of carbonyl (C=O) groups excluding carboxylic acids is 1. The number of rotatable bonds is 6. The largest absolute Gasteiger partial charge is 0.448 e. The molecule has 0 aliphatic heterocycles. The van der Waals surface area contributed by atoms with Crippen molar-refractivity contribution in [3.8, 4) is 0 Å². The lowest BCUT2D eigenvalue weighted by atomic mass is 10.3. The number of ether oxygens (including phenoxy) is 1. The fraction of sp³-hybridized carbons (Fsp3) is 0.500. The van der Waals surface area contributed by atoms with Crippen molar-refractivity contribution in [2.24, 2.45) is 0 Å². The van der Waals surface area contributed by atoms with Gasteiger partial charge in [0, 0.05) is 13.1 Å². The van der Waals surface area contributed by atoms with Gasteiger partial charge in [-0.2, -0.15) is 0 Å². The van der Waals surface area contributed by atoms with E-state index in [1.807, 2.05) is 56.1 Å². The lowest BCUT2D eigenvalue weighted by molar-refractivity contribution is 0.131. The van der Waals surface area contributed by atoms with Crippen LogP contribution in [-0.2, 0) is 4.74 Å². The van der Waals surface area contributed by atoms with Gasteiger partial charge in [0.05, 0.1) is 12.3 Å². The van der Waals surface area contributed by atoms with Crippen LogP contribution in [0.3, 0.4) is 0 Å². The van der Waals surface area contributed by atoms with Crippen molar-refractivity contribution in [3.63, 3.8) is 0 Å². The topological polar surface area (TPSA) is 32.8 Å². The summed E-state index contributed by atoms with van der Waals surface area (Å²) in [5, 5.41) is 3.56. The van der Waals surface area contributed by atoms with Gasteiger partial charge >= 0.3 is 6.09 Å². The molecule has 0 saturated carbocycles. The minimum atomic E-state index is -0.313. The van der Waals surface area contributed by atoms with Gasteiger partial charge in [0.2, 0.25) is 0 Å². The van der Waals surface area contributed by atoms with E-state index in [1.54, 1.807) is 5.01 Å². The Morgan fingerprint density at radius 3 is 2.22 bits per heavy atom. The molecule has 0 aromatic heterocycles. The van der Waals surface area contributed by atoms with Crippen LogP contribution in [-0.4, -0.2) is 30.8 Å². The fourth-order valence-corrected chi connectivity index (χ4v) is 1.71. The molecule has 0 N–H and O–H groups in total. The van der Waals surface area contributed by atoms with Crippen LogP contribution in [0.4, 0.5) is 10.5 Å². The molecular formula is C14H22N2O2. The highest BCUT2D eigenvalue weighted by Gasteiger charge is 2.22. The second kappa shape index (κ2) is 7.71. The first-order chi connectivity index (χ1) is 8.74. The normalized spacial score (nSPS) is 10.4. The van der Waals surface area contributed by atoms with Gasteiger partial charge in [-0.1, -0.05) is 39.0 Å². The van der Waals surface area contributed by atoms with Gasteiger partial charge < -0.3 is 4.74 Å². The molecule has 4 nitrogen and oxygen atoms in total. The van der Waals surface area contributed by atoms with Gasteiger partial charge in [0.1, 0.15) is 0 Å². The first-order valence-corrected chi connectivity index (χ1v) is 6.51. The van der Waals surface area contributed by atoms with Crippen LogP contribution in [0.2, 0.25) is 0 Å². The summed E-state index contributed by atoms with van der Waals surface area (Å²) in [5.41, 5.74) is 0.835. The SMILES string of the molecule is CCCOC(=O)N(c1ccccc1)N(CC)CC. The highest BCUT2D eigenvalue weighted by molar-refractivity contribution is 5.86. The zero-order valence-electron chi connectivity index (χ0n) is 11.4. The molecule has 0 aliphatic carbocycles. The van der Waals surface area contributed by atoms with Crippen molar-refractivity contribution in [3.05, 3.63) is 30.3 Å². The molecule has 0 unspecified atom stereocenters. The summed E-state index contributed by atoms with van der Waals surface area (Å²) < 4.78 is 5.24. The first-order valence-electron chi connectivity index (χ1n) is 6.51. The van der Waals surface area contributed by atoms with E-state index in [0.717, 1.165) is 25.2 Å². The van der Waals surface area contributed by atoms with Crippen molar-refractivity contribution >= 4 is 11.8 Å². The van der Waals surface area contributed by atoms with E-state index in [0.29, 0.717) is 6.61 Å². The summed E-state index contributed by atoms with van der Waals surface area (Å²) in [4.78, 5) is 12.1. The smallest absolute Gasteiger partial charge is 0.429 e. The monoisotopic (exact) mass is 250 g/mol. The standard InChI is InChI=1S/C14H22N2O2/c1-4-12-18-14(17)16(15(5-2)6-3)13-10-8-7-9-11-13/h7-11H,4-6,12H2,1-3H3. The van der Waals surface area contributed by atoms with E-state index >= 15 is 0 Å². The van der Waals surface area contributed by atoms with E-state index in [2.05, 4.69) is 0 Å². The van der Waals surface area contributed by atoms with Crippen LogP contribution >= 0.6 is 0 Å². The van der Waals surface area contributed by atoms with Crippen LogP contribution < -0.4 is 5.01 Å². The molecule has 100 valence electrons.